The van der Waals surface area contributed by atoms with Gasteiger partial charge in [-0.05, 0) is 18.8 Å². The summed E-state index contributed by atoms with van der Waals surface area (Å²) in [7, 11) is -3.56. The summed E-state index contributed by atoms with van der Waals surface area (Å²) in [6, 6.07) is -0.926. The van der Waals surface area contributed by atoms with E-state index in [0.29, 0.717) is 18.9 Å². The van der Waals surface area contributed by atoms with E-state index in [9.17, 15) is 18.6 Å². The quantitative estimate of drug-likeness (QED) is 0.429. The van der Waals surface area contributed by atoms with Crippen molar-refractivity contribution >= 4 is 22.4 Å². The van der Waals surface area contributed by atoms with Crippen LogP contribution >= 0.6 is 12.4 Å². The van der Waals surface area contributed by atoms with E-state index >= 15 is 0 Å². The summed E-state index contributed by atoms with van der Waals surface area (Å²) in [5.41, 5.74) is 5.85. The Morgan fingerprint density at radius 1 is 1.17 bits per heavy atom. The molecular formula is C15H33ClN2O4S. The van der Waals surface area contributed by atoms with Crippen LogP contribution in [0.2, 0.25) is 0 Å². The molecule has 0 aliphatic heterocycles. The average Bonchev–Trinajstić information content (AvgIpc) is 2.47. The molecule has 0 heterocycles. The van der Waals surface area contributed by atoms with Crippen LogP contribution in [0.5, 0.6) is 0 Å². The van der Waals surface area contributed by atoms with Gasteiger partial charge in [0, 0.05) is 6.54 Å². The van der Waals surface area contributed by atoms with Crippen LogP contribution in [0, 0.1) is 5.92 Å². The minimum absolute atomic E-state index is 0. The van der Waals surface area contributed by atoms with E-state index in [4.69, 9.17) is 5.73 Å². The van der Waals surface area contributed by atoms with Crippen LogP contribution in [0.1, 0.15) is 58.3 Å². The lowest BCUT2D eigenvalue weighted by Gasteiger charge is -2.29. The molecule has 0 aromatic rings. The molecule has 0 bridgehead atoms. The highest BCUT2D eigenvalue weighted by Crippen LogP contribution is 2.28. The third-order valence-corrected chi connectivity index (χ3v) is 5.85. The van der Waals surface area contributed by atoms with Crippen LogP contribution in [-0.4, -0.2) is 49.2 Å². The molecule has 8 heteroatoms. The summed E-state index contributed by atoms with van der Waals surface area (Å²) in [6.07, 6.45) is 5.83. The number of aliphatic hydroxyl groups is 2. The van der Waals surface area contributed by atoms with Gasteiger partial charge in [0.05, 0.1) is 24.0 Å². The Balaban J connectivity index is 0.00000484. The lowest BCUT2D eigenvalue weighted by molar-refractivity contribution is 0.0471. The Morgan fingerprint density at radius 2 is 1.78 bits per heavy atom. The van der Waals surface area contributed by atoms with Gasteiger partial charge < -0.3 is 15.9 Å². The maximum Gasteiger partial charge on any atom is 0.214 e. The first-order valence-corrected chi connectivity index (χ1v) is 10.1. The first-order valence-electron chi connectivity index (χ1n) is 8.44. The van der Waals surface area contributed by atoms with E-state index in [1.165, 1.54) is 19.3 Å². The second-order valence-corrected chi connectivity index (χ2v) is 8.33. The standard InChI is InChI=1S/C15H32N2O4S.ClH/c1-2-3-9-17-22(20,21)11-14(19)15(16)13(18)10-12-7-5-4-6-8-12;/h12-15,17-19H,2-11,16H2,1H3;1H. The normalized spacial score (nSPS) is 20.5. The predicted octanol–water partition coefficient (Wildman–Crippen LogP) is 1.15. The van der Waals surface area contributed by atoms with Crippen molar-refractivity contribution in [1.82, 2.24) is 4.72 Å². The van der Waals surface area contributed by atoms with Crippen molar-refractivity contribution in [3.8, 4) is 0 Å². The van der Waals surface area contributed by atoms with Gasteiger partial charge in [0.25, 0.3) is 0 Å². The highest BCUT2D eigenvalue weighted by molar-refractivity contribution is 7.89. The van der Waals surface area contributed by atoms with Gasteiger partial charge in [-0.25, -0.2) is 13.1 Å². The highest BCUT2D eigenvalue weighted by atomic mass is 35.5. The minimum Gasteiger partial charge on any atom is -0.391 e. The van der Waals surface area contributed by atoms with E-state index in [1.54, 1.807) is 0 Å². The molecule has 6 nitrogen and oxygen atoms in total. The van der Waals surface area contributed by atoms with Crippen LogP contribution in [0.4, 0.5) is 0 Å². The highest BCUT2D eigenvalue weighted by Gasteiger charge is 2.29. The van der Waals surface area contributed by atoms with Crippen molar-refractivity contribution < 1.29 is 18.6 Å². The number of unbranched alkanes of at least 4 members (excludes halogenated alkanes) is 1. The van der Waals surface area contributed by atoms with Gasteiger partial charge >= 0.3 is 0 Å². The van der Waals surface area contributed by atoms with E-state index < -0.39 is 34.0 Å². The topological polar surface area (TPSA) is 113 Å². The van der Waals surface area contributed by atoms with Gasteiger partial charge in [-0.3, -0.25) is 0 Å². The summed E-state index contributed by atoms with van der Waals surface area (Å²) < 4.78 is 26.1. The molecule has 0 spiro atoms. The van der Waals surface area contributed by atoms with E-state index in [-0.39, 0.29) is 12.4 Å². The molecular weight excluding hydrogens is 340 g/mol. The first kappa shape index (κ1) is 23.1. The monoisotopic (exact) mass is 372 g/mol. The van der Waals surface area contributed by atoms with Gasteiger partial charge in [-0.1, -0.05) is 45.4 Å². The molecule has 140 valence electrons. The second kappa shape index (κ2) is 11.6. The van der Waals surface area contributed by atoms with E-state index in [0.717, 1.165) is 25.7 Å². The van der Waals surface area contributed by atoms with Gasteiger partial charge in [0.1, 0.15) is 0 Å². The molecule has 1 aliphatic carbocycles. The summed E-state index contributed by atoms with van der Waals surface area (Å²) in [5.74, 6) is -0.0270. The number of hydrogen-bond donors (Lipinski definition) is 4. The Labute approximate surface area is 146 Å². The first-order chi connectivity index (χ1) is 10.4. The number of sulfonamides is 1. The Morgan fingerprint density at radius 3 is 2.35 bits per heavy atom. The fourth-order valence-electron chi connectivity index (χ4n) is 2.98. The molecule has 3 atom stereocenters. The molecule has 0 saturated heterocycles. The number of nitrogens with one attached hydrogen (secondary N) is 1. The Kier molecular flexibility index (Phi) is 11.6. The number of hydrogen-bond acceptors (Lipinski definition) is 5. The van der Waals surface area contributed by atoms with Crippen molar-refractivity contribution in [3.63, 3.8) is 0 Å². The minimum atomic E-state index is -3.56. The Hall–Kier alpha value is 0.0800. The van der Waals surface area contributed by atoms with Gasteiger partial charge in [0.2, 0.25) is 10.0 Å². The summed E-state index contributed by atoms with van der Waals surface area (Å²) >= 11 is 0. The maximum absolute atomic E-state index is 11.8. The summed E-state index contributed by atoms with van der Waals surface area (Å²) in [5, 5.41) is 20.2. The zero-order valence-electron chi connectivity index (χ0n) is 14.0. The molecule has 0 radical (unpaired) electrons. The predicted molar refractivity (Wildman–Crippen MR) is 95.1 cm³/mol. The van der Waals surface area contributed by atoms with Crippen molar-refractivity contribution in [1.29, 1.82) is 0 Å². The smallest absolute Gasteiger partial charge is 0.214 e. The summed E-state index contributed by atoms with van der Waals surface area (Å²) in [6.45, 7) is 2.34. The molecule has 0 amide bonds. The van der Waals surface area contributed by atoms with E-state index in [2.05, 4.69) is 4.72 Å². The zero-order valence-corrected chi connectivity index (χ0v) is 15.6. The van der Waals surface area contributed by atoms with Gasteiger partial charge in [-0.2, -0.15) is 0 Å². The lowest BCUT2D eigenvalue weighted by Crippen LogP contribution is -2.49. The molecule has 3 unspecified atom stereocenters. The lowest BCUT2D eigenvalue weighted by atomic mass is 9.84. The SMILES string of the molecule is CCCCNS(=O)(=O)CC(O)C(N)C(O)CC1CCCCC1.Cl. The second-order valence-electron chi connectivity index (χ2n) is 6.48. The van der Waals surface area contributed by atoms with Crippen LogP contribution in [-0.2, 0) is 10.0 Å². The van der Waals surface area contributed by atoms with Crippen LogP contribution in [0.25, 0.3) is 0 Å². The molecule has 5 N–H and O–H groups in total. The third kappa shape index (κ3) is 9.22. The van der Waals surface area contributed by atoms with Gasteiger partial charge in [0.15, 0.2) is 0 Å². The number of rotatable bonds is 10. The molecule has 0 aromatic heterocycles. The Bertz CT molecular complexity index is 402. The molecule has 1 rings (SSSR count). The molecule has 0 aromatic carbocycles. The molecule has 1 saturated carbocycles. The number of halogens is 1. The average molecular weight is 373 g/mol. The van der Waals surface area contributed by atoms with Gasteiger partial charge in [-0.15, -0.1) is 12.4 Å². The fourth-order valence-corrected chi connectivity index (χ4v) is 4.22. The largest absolute Gasteiger partial charge is 0.391 e. The van der Waals surface area contributed by atoms with Crippen LogP contribution in [0.15, 0.2) is 0 Å². The van der Waals surface area contributed by atoms with Crippen molar-refractivity contribution in [2.24, 2.45) is 11.7 Å². The van der Waals surface area contributed by atoms with Crippen LogP contribution < -0.4 is 10.5 Å². The van der Waals surface area contributed by atoms with Crippen LogP contribution in [0.3, 0.4) is 0 Å². The van der Waals surface area contributed by atoms with Crippen molar-refractivity contribution in [2.75, 3.05) is 12.3 Å². The summed E-state index contributed by atoms with van der Waals surface area (Å²) in [4.78, 5) is 0. The molecule has 1 fully saturated rings. The van der Waals surface area contributed by atoms with Crippen molar-refractivity contribution in [3.05, 3.63) is 0 Å². The number of nitrogens with two attached hydrogens (primary N) is 1. The number of aliphatic hydroxyl groups excluding tert-OH is 2. The van der Waals surface area contributed by atoms with Crippen molar-refractivity contribution in [2.45, 2.75) is 76.5 Å². The molecule has 1 aliphatic rings. The fraction of sp³-hybridized carbons (Fsp3) is 1.00. The van der Waals surface area contributed by atoms with E-state index in [1.807, 2.05) is 6.92 Å². The molecule has 23 heavy (non-hydrogen) atoms. The third-order valence-electron chi connectivity index (χ3n) is 4.43. The zero-order chi connectivity index (χ0) is 16.6. The maximum atomic E-state index is 11.8.